The zero-order valence-corrected chi connectivity index (χ0v) is 83.7. The van der Waals surface area contributed by atoms with Crippen LogP contribution in [0, 0.1) is 0 Å². The van der Waals surface area contributed by atoms with Gasteiger partial charge < -0.3 is 48.3 Å². The normalized spacial score (nSPS) is 20.9. The van der Waals surface area contributed by atoms with Crippen molar-refractivity contribution in [2.45, 2.75) is 232 Å². The molecule has 8 fully saturated rings. The number of nitrogens with zero attached hydrogens (tertiary/aromatic N) is 11. The van der Waals surface area contributed by atoms with Gasteiger partial charge in [0.15, 0.2) is 23.1 Å². The molecule has 4 amide bonds. The molecule has 28 heteroatoms. The maximum atomic E-state index is 13.1. The van der Waals surface area contributed by atoms with Gasteiger partial charge in [-0.15, -0.1) is 0 Å². The highest BCUT2D eigenvalue weighted by atomic mass is 16.5. The number of benzene rings is 9. The first-order valence-corrected chi connectivity index (χ1v) is 51.6. The molecule has 8 heterocycles. The Morgan fingerprint density at radius 2 is 0.572 bits per heavy atom. The zero-order chi connectivity index (χ0) is 101. The fraction of sp³-hybridized carbons (Fsp3) is 0.427. The number of fused-ring (bicyclic) bond motifs is 4. The molecule has 12 aliphatic rings. The van der Waals surface area contributed by atoms with E-state index in [0.29, 0.717) is 180 Å². The van der Waals surface area contributed by atoms with Crippen molar-refractivity contribution in [2.75, 3.05) is 97.5 Å². The van der Waals surface area contributed by atoms with Crippen molar-refractivity contribution in [1.82, 2.24) is 49.0 Å². The average molecular weight is 1960 g/mol. The summed E-state index contributed by atoms with van der Waals surface area (Å²) in [5, 5.41) is 0. The molecule has 8 aliphatic heterocycles. The molecular weight excluding hydrogens is 1830 g/mol. The van der Waals surface area contributed by atoms with Gasteiger partial charge in [0.2, 0.25) is 0 Å². The second-order valence-electron chi connectivity index (χ2n) is 41.1. The van der Waals surface area contributed by atoms with Gasteiger partial charge in [0, 0.05) is 173 Å². The lowest BCUT2D eigenvalue weighted by Crippen LogP contribution is -2.48. The Morgan fingerprint density at radius 3 is 0.862 bits per heavy atom. The van der Waals surface area contributed by atoms with Crippen molar-refractivity contribution >= 4 is 81.4 Å². The van der Waals surface area contributed by atoms with E-state index in [-0.39, 0.29) is 95.6 Å². The third-order valence-electron chi connectivity index (χ3n) is 30.6. The lowest BCUT2D eigenvalue weighted by Gasteiger charge is -2.36. The number of anilines is 1. The maximum absolute atomic E-state index is 13.1. The van der Waals surface area contributed by atoms with Gasteiger partial charge in [-0.25, -0.2) is 0 Å². The van der Waals surface area contributed by atoms with Crippen molar-refractivity contribution in [3.05, 3.63) is 289 Å². The molecule has 4 aliphatic carbocycles. The second kappa shape index (κ2) is 46.8. The Balaban J connectivity index is 0.000000127. The molecule has 756 valence electrons. The van der Waals surface area contributed by atoms with Crippen LogP contribution in [0.5, 0.6) is 23.0 Å². The number of ether oxygens (including phenoxy) is 4. The number of para-hydroxylation sites is 1. The predicted molar refractivity (Wildman–Crippen MR) is 546 cm³/mol. The predicted octanol–water partition coefficient (Wildman–Crippen LogP) is 14.2. The first kappa shape index (κ1) is 102. The van der Waals surface area contributed by atoms with Gasteiger partial charge in [-0.3, -0.25) is 86.8 Å². The number of carbonyl (C=O) groups excluding carboxylic acids is 13. The Kier molecular flexibility index (Phi) is 32.8. The van der Waals surface area contributed by atoms with Crippen molar-refractivity contribution in [3.63, 3.8) is 0 Å². The van der Waals surface area contributed by atoms with Crippen molar-refractivity contribution in [2.24, 2.45) is 0 Å². The molecule has 4 saturated carbocycles. The number of ketones is 9. The first-order valence-electron chi connectivity index (χ1n) is 51.6. The molecule has 21 rings (SSSR count). The number of Topliss-reactive ketones (excluding diaryl/α,β-unsaturated/α-hetero) is 9. The van der Waals surface area contributed by atoms with E-state index in [4.69, 9.17) is 18.9 Å². The van der Waals surface area contributed by atoms with E-state index in [1.807, 2.05) is 54.6 Å². The van der Waals surface area contributed by atoms with Gasteiger partial charge in [0.25, 0.3) is 23.6 Å². The van der Waals surface area contributed by atoms with Crippen LogP contribution in [-0.2, 0) is 122 Å². The summed E-state index contributed by atoms with van der Waals surface area (Å²) in [6.45, 7) is 23.4. The lowest BCUT2D eigenvalue weighted by atomic mass is 9.92. The average Bonchev–Trinajstić information content (AvgIpc) is 1.64. The molecule has 4 atom stereocenters. The van der Waals surface area contributed by atoms with E-state index >= 15 is 0 Å². The topological polar surface area (TPSA) is 294 Å². The number of piperazine rings is 2. The van der Waals surface area contributed by atoms with Crippen LogP contribution in [0.4, 0.5) is 5.69 Å². The van der Waals surface area contributed by atoms with E-state index < -0.39 is 24.2 Å². The quantitative estimate of drug-likeness (QED) is 0.0432. The minimum Gasteiger partial charge on any atom is -0.489 e. The number of piperidine rings is 2. The van der Waals surface area contributed by atoms with Gasteiger partial charge in [0.1, 0.15) is 78.3 Å². The van der Waals surface area contributed by atoms with Crippen molar-refractivity contribution in [1.29, 1.82) is 0 Å². The van der Waals surface area contributed by atoms with Crippen LogP contribution >= 0.6 is 0 Å². The fourth-order valence-electron chi connectivity index (χ4n) is 22.1. The highest BCUT2D eigenvalue weighted by Gasteiger charge is 2.46. The summed E-state index contributed by atoms with van der Waals surface area (Å²) in [6, 6.07) is 65.6. The van der Waals surface area contributed by atoms with Crippen LogP contribution in [0.2, 0.25) is 0 Å². The fourth-order valence-corrected chi connectivity index (χ4v) is 22.1. The van der Waals surface area contributed by atoms with Gasteiger partial charge in [0.05, 0.1) is 82.6 Å². The van der Waals surface area contributed by atoms with Crippen LogP contribution in [0.15, 0.2) is 200 Å². The number of carbonyl (C=O) groups is 13. The van der Waals surface area contributed by atoms with E-state index in [9.17, 15) is 62.3 Å². The Bertz CT molecular complexity index is 6100. The number of amides is 4. The van der Waals surface area contributed by atoms with Gasteiger partial charge in [-0.1, -0.05) is 140 Å². The molecule has 0 bridgehead atoms. The number of likely N-dealkylation sites (tertiary alicyclic amines) is 2. The van der Waals surface area contributed by atoms with Gasteiger partial charge >= 0.3 is 0 Å². The molecule has 9 aromatic rings. The molecule has 9 aromatic carbocycles. The van der Waals surface area contributed by atoms with E-state index in [1.165, 1.54) is 35.2 Å². The Morgan fingerprint density at radius 1 is 0.283 bits per heavy atom. The van der Waals surface area contributed by atoms with Crippen LogP contribution in [0.25, 0.3) is 0 Å². The molecule has 0 N–H and O–H groups in total. The largest absolute Gasteiger partial charge is 0.489 e. The minimum atomic E-state index is -0.534. The van der Waals surface area contributed by atoms with E-state index in [2.05, 4.69) is 178 Å². The van der Waals surface area contributed by atoms with E-state index in [0.717, 1.165) is 155 Å². The first-order chi connectivity index (χ1) is 70.3. The van der Waals surface area contributed by atoms with Crippen LogP contribution < -0.4 is 23.8 Å². The van der Waals surface area contributed by atoms with E-state index in [1.54, 1.807) is 49.9 Å². The van der Waals surface area contributed by atoms with Gasteiger partial charge in [-0.2, -0.15) is 0 Å². The highest BCUT2D eigenvalue weighted by Crippen LogP contribution is 2.41. The summed E-state index contributed by atoms with van der Waals surface area (Å²) in [4.78, 5) is 183. The Hall–Kier alpha value is -13.4. The van der Waals surface area contributed by atoms with Crippen LogP contribution in [0.1, 0.15) is 225 Å². The molecule has 0 spiro atoms. The Labute approximate surface area is 848 Å². The van der Waals surface area contributed by atoms with Crippen molar-refractivity contribution in [3.8, 4) is 23.0 Å². The number of hydrogen-bond acceptors (Lipinski definition) is 24. The second-order valence-corrected chi connectivity index (χ2v) is 41.1. The summed E-state index contributed by atoms with van der Waals surface area (Å²) in [6.07, 6.45) is 6.76. The van der Waals surface area contributed by atoms with Crippen molar-refractivity contribution < 1.29 is 81.3 Å². The summed E-state index contributed by atoms with van der Waals surface area (Å²) >= 11 is 0. The molecule has 145 heavy (non-hydrogen) atoms. The molecule has 28 nitrogen and oxygen atoms in total. The SMILES string of the molecule is CC(C)N1CCN(Cc2ccc(COc3cccc4c3CN(C3CCC(=O)CC3=O)C4=O)cc2)CC1.CN(C)C1CCN(Cc2ccc(COc3cccc4c3CN(C3CCC(=O)CC3=O)C4=O)cc2)CC1.O=C1CCC(N2Cc3c(OCc4ccc(CN5CCCC(=O)C5)cc4)cccc3C2=O)C(=O)C1.O=C1CCC(N2Cc3c(OCc4ccc(CN5CCN(c6ccccc6)CC5)cc4)cccc3C2=O)C(=O)C1. The number of hydrogen-bond donors (Lipinski definition) is 0. The third-order valence-corrected chi connectivity index (χ3v) is 30.6. The minimum absolute atomic E-state index is 0.0376. The standard InChI is InChI=1S/C32H33N3O4.2C29H35N3O4.C27H28N2O5/c36-26-13-14-29(30(37)19-26)35-21-28-27(32(35)38)7-4-8-31(28)39-22-24-11-9-23(10-12-24)20-33-15-17-34(18-16-33)25-5-2-1-3-6-25;1-30(2)22-12-14-31(15-13-22)17-20-6-8-21(9-7-20)19-36-28-5-3-4-24-25(28)18-32(29(24)35)26-11-10-23(33)16-27(26)34;1-20(2)31-14-12-30(13-15-31)17-21-6-8-22(9-7-21)19-36-28-5-3-4-24-25(28)18-32(29(24)35)26-11-10-23(33)16-27(26)34;30-20-10-11-24(25(32)13-20)29-16-23-22(27(29)33)4-1-5-26(23)34-17-19-8-6-18(7-9-19)14-28-12-2-3-21(31)15-28/h1-12,29H,13-22H2;3-9,22,26H,10-19H2,1-2H3;3-9,20,26H,10-19H2,1-2H3;1,4-9,24H,2-3,10-17H2. The summed E-state index contributed by atoms with van der Waals surface area (Å²) < 4.78 is 24.6. The number of rotatable bonds is 27. The molecule has 0 aromatic heterocycles. The lowest BCUT2D eigenvalue weighted by molar-refractivity contribution is -0.134. The molecular formula is C117H131N11O17. The monoisotopic (exact) mass is 1960 g/mol. The maximum Gasteiger partial charge on any atom is 0.255 e. The van der Waals surface area contributed by atoms with Gasteiger partial charge in [-0.05, 0) is 198 Å². The molecule has 0 radical (unpaired) electrons. The molecule has 4 unspecified atom stereocenters. The zero-order valence-electron chi connectivity index (χ0n) is 83.7. The smallest absolute Gasteiger partial charge is 0.255 e. The highest BCUT2D eigenvalue weighted by molar-refractivity contribution is 6.11. The van der Waals surface area contributed by atoms with Crippen LogP contribution in [-0.4, -0.2) is 254 Å². The third kappa shape index (κ3) is 24.9. The summed E-state index contributed by atoms with van der Waals surface area (Å²) in [7, 11) is 4.33. The molecule has 4 saturated heterocycles. The summed E-state index contributed by atoms with van der Waals surface area (Å²) in [5.41, 5.74) is 16.1. The summed E-state index contributed by atoms with van der Waals surface area (Å²) in [5.74, 6) is 1.53. The van der Waals surface area contributed by atoms with Crippen LogP contribution in [0.3, 0.4) is 0 Å².